The summed E-state index contributed by atoms with van der Waals surface area (Å²) in [5.74, 6) is -1.79. The maximum Gasteiger partial charge on any atom is 0.316 e. The van der Waals surface area contributed by atoms with Gasteiger partial charge in [-0.1, -0.05) is 29.3 Å². The molecule has 0 N–H and O–H groups in total. The van der Waals surface area contributed by atoms with Gasteiger partial charge < -0.3 is 9.64 Å². The average molecular weight is 473 g/mol. The van der Waals surface area contributed by atoms with Crippen molar-refractivity contribution in [3.8, 4) is 5.75 Å². The van der Waals surface area contributed by atoms with Crippen molar-refractivity contribution < 1.29 is 23.9 Å². The van der Waals surface area contributed by atoms with Crippen molar-refractivity contribution in [2.24, 2.45) is 17.8 Å². The standard InChI is InChI=1S/C28H28N2O5/c1-16-5-11-24(18(3)12-16)29-15-19(14-25(29)31)28(34)35-21-8-6-20(7-9-21)30-26(32)22-10-4-17(2)13-23(22)27(30)33/h4-9,11-12,19,22-23H,10,13-15H2,1-3H3/t19-,22-,23-/m0/s1. The number of rotatable bonds is 4. The normalized spacial score (nSPS) is 24.0. The van der Waals surface area contributed by atoms with E-state index in [4.69, 9.17) is 4.74 Å². The minimum atomic E-state index is -0.566. The Balaban J connectivity index is 1.25. The first kappa shape index (κ1) is 23.0. The molecule has 3 atom stereocenters. The van der Waals surface area contributed by atoms with Crippen LogP contribution >= 0.6 is 0 Å². The fourth-order valence-electron chi connectivity index (χ4n) is 5.36. The molecule has 1 aliphatic carbocycles. The molecule has 2 heterocycles. The summed E-state index contributed by atoms with van der Waals surface area (Å²) in [6.07, 6.45) is 3.33. The summed E-state index contributed by atoms with van der Waals surface area (Å²) in [6, 6.07) is 12.3. The topological polar surface area (TPSA) is 84.0 Å². The second kappa shape index (κ2) is 8.80. The summed E-state index contributed by atoms with van der Waals surface area (Å²) >= 11 is 0. The Hall–Kier alpha value is -3.74. The molecule has 5 rings (SSSR count). The maximum absolute atomic E-state index is 12.9. The molecule has 7 nitrogen and oxygen atoms in total. The lowest BCUT2D eigenvalue weighted by molar-refractivity contribution is -0.139. The Labute approximate surface area is 204 Å². The number of fused-ring (bicyclic) bond motifs is 1. The highest BCUT2D eigenvalue weighted by Crippen LogP contribution is 2.40. The Morgan fingerprint density at radius 2 is 1.63 bits per heavy atom. The van der Waals surface area contributed by atoms with Crippen molar-refractivity contribution in [3.05, 3.63) is 65.2 Å². The van der Waals surface area contributed by atoms with E-state index in [1.54, 1.807) is 29.2 Å². The molecular formula is C28H28N2O5. The van der Waals surface area contributed by atoms with Crippen LogP contribution in [0.25, 0.3) is 0 Å². The summed E-state index contributed by atoms with van der Waals surface area (Å²) < 4.78 is 5.55. The highest BCUT2D eigenvalue weighted by Gasteiger charge is 2.48. The van der Waals surface area contributed by atoms with Gasteiger partial charge in [0.1, 0.15) is 5.75 Å². The van der Waals surface area contributed by atoms with Gasteiger partial charge in [0.05, 0.1) is 23.4 Å². The van der Waals surface area contributed by atoms with Crippen LogP contribution in [0.4, 0.5) is 11.4 Å². The smallest absolute Gasteiger partial charge is 0.316 e. The summed E-state index contributed by atoms with van der Waals surface area (Å²) in [7, 11) is 0. The van der Waals surface area contributed by atoms with E-state index in [1.165, 1.54) is 4.90 Å². The molecule has 0 bridgehead atoms. The van der Waals surface area contributed by atoms with Crippen molar-refractivity contribution in [2.75, 3.05) is 16.3 Å². The summed E-state index contributed by atoms with van der Waals surface area (Å²) in [6.45, 7) is 6.20. The van der Waals surface area contributed by atoms with Crippen LogP contribution in [0.1, 0.15) is 37.3 Å². The number of imide groups is 1. The molecule has 0 spiro atoms. The third-order valence-electron chi connectivity index (χ3n) is 7.24. The molecule has 2 fully saturated rings. The summed E-state index contributed by atoms with van der Waals surface area (Å²) in [4.78, 5) is 54.1. The van der Waals surface area contributed by atoms with Gasteiger partial charge in [-0.3, -0.25) is 24.1 Å². The van der Waals surface area contributed by atoms with Gasteiger partial charge in [0.25, 0.3) is 0 Å². The predicted molar refractivity (Wildman–Crippen MR) is 131 cm³/mol. The van der Waals surface area contributed by atoms with Gasteiger partial charge in [0.2, 0.25) is 17.7 Å². The highest BCUT2D eigenvalue weighted by atomic mass is 16.5. The minimum absolute atomic E-state index is 0.0945. The second-order valence-electron chi connectivity index (χ2n) is 9.83. The lowest BCUT2D eigenvalue weighted by Crippen LogP contribution is -2.30. The van der Waals surface area contributed by atoms with Crippen LogP contribution in [0.2, 0.25) is 0 Å². The van der Waals surface area contributed by atoms with Gasteiger partial charge in [0, 0.05) is 18.7 Å². The molecule has 3 aliphatic rings. The van der Waals surface area contributed by atoms with Crippen molar-refractivity contribution in [1.82, 2.24) is 0 Å². The lowest BCUT2D eigenvalue weighted by Gasteiger charge is -2.19. The zero-order chi connectivity index (χ0) is 24.9. The third-order valence-corrected chi connectivity index (χ3v) is 7.24. The van der Waals surface area contributed by atoms with Crippen molar-refractivity contribution in [1.29, 1.82) is 0 Å². The molecule has 0 radical (unpaired) electrons. The number of aryl methyl sites for hydroxylation is 2. The minimum Gasteiger partial charge on any atom is -0.426 e. The first-order valence-electron chi connectivity index (χ1n) is 12.0. The zero-order valence-electron chi connectivity index (χ0n) is 20.1. The number of benzene rings is 2. The fraction of sp³-hybridized carbons (Fsp3) is 0.357. The molecule has 2 aromatic carbocycles. The summed E-state index contributed by atoms with van der Waals surface area (Å²) in [5, 5.41) is 0. The fourth-order valence-corrected chi connectivity index (χ4v) is 5.36. The highest BCUT2D eigenvalue weighted by molar-refractivity contribution is 6.22. The number of nitrogens with zero attached hydrogens (tertiary/aromatic N) is 2. The first-order chi connectivity index (χ1) is 16.7. The molecule has 0 aromatic heterocycles. The largest absolute Gasteiger partial charge is 0.426 e. The molecule has 2 aromatic rings. The van der Waals surface area contributed by atoms with Crippen LogP contribution in [0.3, 0.4) is 0 Å². The first-order valence-corrected chi connectivity index (χ1v) is 12.0. The van der Waals surface area contributed by atoms with E-state index in [9.17, 15) is 19.2 Å². The quantitative estimate of drug-likeness (QED) is 0.289. The SMILES string of the molecule is CC1=CC[C@@H]2C(=O)N(c3ccc(OC(=O)[C@H]4CC(=O)N(c5ccc(C)cc5C)C4)cc3)C(=O)[C@H]2C1. The van der Waals surface area contributed by atoms with Crippen LogP contribution < -0.4 is 14.5 Å². The Morgan fingerprint density at radius 3 is 2.34 bits per heavy atom. The van der Waals surface area contributed by atoms with Crippen LogP contribution in [0.5, 0.6) is 5.75 Å². The molecule has 3 amide bonds. The molecule has 0 saturated carbocycles. The lowest BCUT2D eigenvalue weighted by atomic mass is 9.82. The molecule has 180 valence electrons. The molecular weight excluding hydrogens is 444 g/mol. The van der Waals surface area contributed by atoms with E-state index in [1.807, 2.05) is 45.0 Å². The number of carbonyl (C=O) groups is 4. The molecule has 2 aliphatic heterocycles. The van der Waals surface area contributed by atoms with E-state index in [0.717, 1.165) is 22.4 Å². The number of allylic oxidation sites excluding steroid dienone is 2. The number of anilines is 2. The van der Waals surface area contributed by atoms with Gasteiger partial charge in [-0.15, -0.1) is 0 Å². The monoisotopic (exact) mass is 472 g/mol. The van der Waals surface area contributed by atoms with Gasteiger partial charge in [0.15, 0.2) is 0 Å². The molecule has 35 heavy (non-hydrogen) atoms. The van der Waals surface area contributed by atoms with E-state index in [-0.39, 0.29) is 42.5 Å². The second-order valence-corrected chi connectivity index (χ2v) is 9.83. The van der Waals surface area contributed by atoms with Crippen LogP contribution in [0.15, 0.2) is 54.1 Å². The van der Waals surface area contributed by atoms with Crippen molar-refractivity contribution in [2.45, 2.75) is 40.0 Å². The number of hydrogen-bond donors (Lipinski definition) is 0. The van der Waals surface area contributed by atoms with E-state index in [2.05, 4.69) is 0 Å². The van der Waals surface area contributed by atoms with E-state index >= 15 is 0 Å². The van der Waals surface area contributed by atoms with Gasteiger partial charge in [-0.2, -0.15) is 0 Å². The average Bonchev–Trinajstić information content (AvgIpc) is 3.32. The van der Waals surface area contributed by atoms with Crippen LogP contribution in [0, 0.1) is 31.6 Å². The molecule has 2 saturated heterocycles. The van der Waals surface area contributed by atoms with E-state index < -0.39 is 11.9 Å². The third kappa shape index (κ3) is 4.16. The number of esters is 1. The maximum atomic E-state index is 12.9. The van der Waals surface area contributed by atoms with Crippen molar-refractivity contribution >= 4 is 35.1 Å². The van der Waals surface area contributed by atoms with Crippen LogP contribution in [-0.4, -0.2) is 30.2 Å². The zero-order valence-corrected chi connectivity index (χ0v) is 20.1. The number of hydrogen-bond acceptors (Lipinski definition) is 5. The van der Waals surface area contributed by atoms with Gasteiger partial charge >= 0.3 is 5.97 Å². The van der Waals surface area contributed by atoms with Crippen molar-refractivity contribution in [3.63, 3.8) is 0 Å². The Kier molecular flexibility index (Phi) is 5.79. The number of amides is 3. The molecule has 7 heteroatoms. The summed E-state index contributed by atoms with van der Waals surface area (Å²) in [5.41, 5.74) is 4.52. The van der Waals surface area contributed by atoms with Gasteiger partial charge in [-0.05, 0) is 69.5 Å². The predicted octanol–water partition coefficient (Wildman–Crippen LogP) is 4.11. The van der Waals surface area contributed by atoms with Crippen LogP contribution in [-0.2, 0) is 19.2 Å². The van der Waals surface area contributed by atoms with Gasteiger partial charge in [-0.25, -0.2) is 0 Å². The Morgan fingerprint density at radius 1 is 0.914 bits per heavy atom. The Bertz CT molecular complexity index is 1260. The molecule has 0 unspecified atom stereocenters. The number of carbonyl (C=O) groups excluding carboxylic acids is 4. The number of ether oxygens (including phenoxy) is 1. The van der Waals surface area contributed by atoms with E-state index in [0.29, 0.717) is 24.3 Å².